The van der Waals surface area contributed by atoms with Crippen LogP contribution >= 0.6 is 0 Å². The predicted molar refractivity (Wildman–Crippen MR) is 60.7 cm³/mol. The van der Waals surface area contributed by atoms with Crippen molar-refractivity contribution in [1.29, 1.82) is 0 Å². The van der Waals surface area contributed by atoms with E-state index < -0.39 is 0 Å². The molecule has 0 amide bonds. The number of hydrogen-bond donors (Lipinski definition) is 0. The van der Waals surface area contributed by atoms with Crippen molar-refractivity contribution in [3.05, 3.63) is 11.7 Å². The summed E-state index contributed by atoms with van der Waals surface area (Å²) in [4.78, 5) is 0. The predicted octanol–water partition coefficient (Wildman–Crippen LogP) is 1.89. The molecule has 0 radical (unpaired) electrons. The third-order valence-electron chi connectivity index (χ3n) is 3.45. The molecule has 5 heteroatoms. The average molecular weight is 226 g/mol. The van der Waals surface area contributed by atoms with Crippen LogP contribution in [0.2, 0.25) is 0 Å². The molecule has 0 N–H and O–H groups in total. The second-order valence-corrected chi connectivity index (χ2v) is 5.30. The van der Waals surface area contributed by atoms with Crippen molar-refractivity contribution in [2.24, 2.45) is 0 Å². The Bertz CT molecular complexity index is 295. The fourth-order valence-corrected chi connectivity index (χ4v) is 1.59. The first-order valence-corrected chi connectivity index (χ1v) is 5.63. The maximum absolute atomic E-state index is 5.89. The molecular formula is C11H19BO4. The number of ether oxygens (including phenoxy) is 2. The van der Waals surface area contributed by atoms with Crippen LogP contribution in [0.15, 0.2) is 11.7 Å². The normalized spacial score (nSPS) is 32.2. The second kappa shape index (κ2) is 3.76. The van der Waals surface area contributed by atoms with Gasteiger partial charge in [0.05, 0.1) is 24.1 Å². The van der Waals surface area contributed by atoms with E-state index in [4.69, 9.17) is 18.8 Å². The molecule has 16 heavy (non-hydrogen) atoms. The summed E-state index contributed by atoms with van der Waals surface area (Å²) in [5.41, 5.74) is 0.264. The van der Waals surface area contributed by atoms with Gasteiger partial charge < -0.3 is 18.8 Å². The molecule has 2 heterocycles. The van der Waals surface area contributed by atoms with Gasteiger partial charge >= 0.3 is 7.12 Å². The molecular weight excluding hydrogens is 207 g/mol. The third-order valence-corrected chi connectivity index (χ3v) is 3.45. The van der Waals surface area contributed by atoms with Crippen molar-refractivity contribution in [1.82, 2.24) is 0 Å². The summed E-state index contributed by atoms with van der Waals surface area (Å²) in [6.45, 7) is 10.5. The SMILES string of the molecule is CC1OC=C(B2OC(C)(C)C(C)(C)O2)CO1. The van der Waals surface area contributed by atoms with Gasteiger partial charge in [0.2, 0.25) is 0 Å². The highest BCUT2D eigenvalue weighted by atomic mass is 16.7. The maximum atomic E-state index is 5.89. The van der Waals surface area contributed by atoms with Crippen LogP contribution in [-0.4, -0.2) is 31.2 Å². The van der Waals surface area contributed by atoms with Gasteiger partial charge in [-0.05, 0) is 34.6 Å². The van der Waals surface area contributed by atoms with E-state index in [-0.39, 0.29) is 24.6 Å². The van der Waals surface area contributed by atoms with E-state index >= 15 is 0 Å². The molecule has 0 aromatic rings. The van der Waals surface area contributed by atoms with Crippen LogP contribution in [-0.2, 0) is 18.8 Å². The molecule has 4 nitrogen and oxygen atoms in total. The molecule has 2 aliphatic rings. The summed E-state index contributed by atoms with van der Waals surface area (Å²) in [6.07, 6.45) is 1.50. The van der Waals surface area contributed by atoms with Crippen molar-refractivity contribution in [2.45, 2.75) is 52.1 Å². The summed E-state index contributed by atoms with van der Waals surface area (Å²) in [7, 11) is -0.363. The van der Waals surface area contributed by atoms with E-state index in [2.05, 4.69) is 0 Å². The Labute approximate surface area is 97.0 Å². The van der Waals surface area contributed by atoms with E-state index in [0.717, 1.165) is 5.47 Å². The van der Waals surface area contributed by atoms with E-state index in [9.17, 15) is 0 Å². The van der Waals surface area contributed by atoms with Crippen LogP contribution in [0.3, 0.4) is 0 Å². The minimum Gasteiger partial charge on any atom is -0.473 e. The summed E-state index contributed by atoms with van der Waals surface area (Å²) in [5, 5.41) is 0. The highest BCUT2D eigenvalue weighted by molar-refractivity contribution is 6.54. The Kier molecular flexibility index (Phi) is 2.81. The van der Waals surface area contributed by atoms with Crippen LogP contribution in [0.1, 0.15) is 34.6 Å². The fraction of sp³-hybridized carbons (Fsp3) is 0.818. The fourth-order valence-electron chi connectivity index (χ4n) is 1.59. The van der Waals surface area contributed by atoms with Gasteiger partial charge in [0, 0.05) is 5.47 Å². The zero-order chi connectivity index (χ0) is 12.0. The Morgan fingerprint density at radius 2 is 1.75 bits per heavy atom. The van der Waals surface area contributed by atoms with Crippen molar-refractivity contribution >= 4 is 7.12 Å². The first kappa shape index (κ1) is 12.0. The topological polar surface area (TPSA) is 36.9 Å². The van der Waals surface area contributed by atoms with Gasteiger partial charge in [-0.2, -0.15) is 0 Å². The molecule has 0 spiro atoms. The molecule has 0 aromatic heterocycles. The summed E-state index contributed by atoms with van der Waals surface area (Å²) < 4.78 is 22.5. The van der Waals surface area contributed by atoms with Crippen molar-refractivity contribution in [2.75, 3.05) is 6.61 Å². The lowest BCUT2D eigenvalue weighted by molar-refractivity contribution is -0.0999. The maximum Gasteiger partial charge on any atom is 0.496 e. The molecule has 0 aromatic carbocycles. The highest BCUT2D eigenvalue weighted by Gasteiger charge is 2.52. The molecule has 2 aliphatic heterocycles. The second-order valence-electron chi connectivity index (χ2n) is 5.30. The molecule has 0 aliphatic carbocycles. The van der Waals surface area contributed by atoms with Gasteiger partial charge in [-0.1, -0.05) is 0 Å². The van der Waals surface area contributed by atoms with E-state index in [0.29, 0.717) is 6.61 Å². The minimum absolute atomic E-state index is 0.189. The van der Waals surface area contributed by atoms with E-state index in [1.165, 1.54) is 0 Å². The zero-order valence-electron chi connectivity index (χ0n) is 10.6. The molecule has 2 rings (SSSR count). The average Bonchev–Trinajstić information content (AvgIpc) is 2.37. The van der Waals surface area contributed by atoms with Crippen LogP contribution in [0.5, 0.6) is 0 Å². The van der Waals surface area contributed by atoms with Crippen molar-refractivity contribution < 1.29 is 18.8 Å². The lowest BCUT2D eigenvalue weighted by Crippen LogP contribution is -2.41. The molecule has 1 unspecified atom stereocenters. The lowest BCUT2D eigenvalue weighted by atomic mass is 9.79. The Morgan fingerprint density at radius 3 is 2.19 bits per heavy atom. The summed E-state index contributed by atoms with van der Waals surface area (Å²) in [5.74, 6) is 0. The largest absolute Gasteiger partial charge is 0.496 e. The van der Waals surface area contributed by atoms with Crippen LogP contribution in [0, 0.1) is 0 Å². The van der Waals surface area contributed by atoms with Gasteiger partial charge in [-0.3, -0.25) is 0 Å². The smallest absolute Gasteiger partial charge is 0.473 e. The summed E-state index contributed by atoms with van der Waals surface area (Å²) in [6, 6.07) is 0. The number of hydrogen-bond acceptors (Lipinski definition) is 4. The summed E-state index contributed by atoms with van der Waals surface area (Å²) >= 11 is 0. The first-order valence-electron chi connectivity index (χ1n) is 5.63. The van der Waals surface area contributed by atoms with Crippen LogP contribution < -0.4 is 0 Å². The van der Waals surface area contributed by atoms with Crippen LogP contribution in [0.25, 0.3) is 0 Å². The third kappa shape index (κ3) is 1.99. The lowest BCUT2D eigenvalue weighted by Gasteiger charge is -2.32. The molecule has 0 saturated carbocycles. The monoisotopic (exact) mass is 226 g/mol. The standard InChI is InChI=1S/C11H19BO4/c1-8-13-6-9(7-14-8)12-15-10(2,3)11(4,5)16-12/h6,8H,7H2,1-5H3. The van der Waals surface area contributed by atoms with Crippen molar-refractivity contribution in [3.8, 4) is 0 Å². The first-order chi connectivity index (χ1) is 7.32. The van der Waals surface area contributed by atoms with Gasteiger partial charge in [0.25, 0.3) is 0 Å². The van der Waals surface area contributed by atoms with Gasteiger partial charge in [0.15, 0.2) is 6.29 Å². The molecule has 90 valence electrons. The van der Waals surface area contributed by atoms with Crippen LogP contribution in [0.4, 0.5) is 0 Å². The minimum atomic E-state index is -0.363. The quantitative estimate of drug-likeness (QED) is 0.640. The zero-order valence-corrected chi connectivity index (χ0v) is 10.6. The highest BCUT2D eigenvalue weighted by Crippen LogP contribution is 2.38. The van der Waals surface area contributed by atoms with Gasteiger partial charge in [-0.25, -0.2) is 0 Å². The molecule has 1 saturated heterocycles. The van der Waals surface area contributed by atoms with Crippen molar-refractivity contribution in [3.63, 3.8) is 0 Å². The Hall–Kier alpha value is -0.515. The van der Waals surface area contributed by atoms with E-state index in [1.807, 2.05) is 34.6 Å². The molecule has 1 fully saturated rings. The van der Waals surface area contributed by atoms with E-state index in [1.54, 1.807) is 6.26 Å². The van der Waals surface area contributed by atoms with Gasteiger partial charge in [0.1, 0.15) is 0 Å². The molecule has 0 bridgehead atoms. The molecule has 1 atom stereocenters. The number of rotatable bonds is 1. The Morgan fingerprint density at radius 1 is 1.19 bits per heavy atom. The Balaban J connectivity index is 2.09. The van der Waals surface area contributed by atoms with Gasteiger partial charge in [-0.15, -0.1) is 0 Å².